The van der Waals surface area contributed by atoms with E-state index in [-0.39, 0.29) is 31.8 Å². The quantitative estimate of drug-likeness (QED) is 0.612. The molecule has 1 aromatic carbocycles. The Hall–Kier alpha value is -1.90. The second-order valence-electron chi connectivity index (χ2n) is 8.35. The van der Waals surface area contributed by atoms with Gasteiger partial charge >= 0.3 is 0 Å². The second kappa shape index (κ2) is 10.4. The average molecular weight is 444 g/mol. The molecule has 0 spiro atoms. The zero-order valence-electron chi connectivity index (χ0n) is 18.0. The number of benzene rings is 1. The molecule has 30 heavy (non-hydrogen) atoms. The molecule has 0 unspecified atom stereocenters. The third kappa shape index (κ3) is 7.41. The zero-order chi connectivity index (χ0) is 22.4. The number of carbonyl (C=O) groups excluding carboxylic acids is 2. The van der Waals surface area contributed by atoms with Crippen LogP contribution in [0.1, 0.15) is 37.0 Å². The highest BCUT2D eigenvalue weighted by Crippen LogP contribution is 2.26. The summed E-state index contributed by atoms with van der Waals surface area (Å²) in [5.74, 6) is -0.0653. The summed E-state index contributed by atoms with van der Waals surface area (Å²) in [6, 6.07) is 4.66. The molecule has 2 N–H and O–H groups in total. The highest BCUT2D eigenvalue weighted by Gasteiger charge is 2.35. The van der Waals surface area contributed by atoms with Gasteiger partial charge in [-0.15, -0.1) is 0 Å². The molecule has 1 aliphatic rings. The molecule has 2 amide bonds. The summed E-state index contributed by atoms with van der Waals surface area (Å²) in [6.45, 7) is 5.17. The van der Waals surface area contributed by atoms with Crippen LogP contribution in [0.5, 0.6) is 5.75 Å². The summed E-state index contributed by atoms with van der Waals surface area (Å²) in [5, 5.41) is 5.94. The van der Waals surface area contributed by atoms with Crippen molar-refractivity contribution in [2.45, 2.75) is 37.9 Å². The molecule has 1 aliphatic heterocycles. The number of likely N-dealkylation sites (tertiary alicyclic amines) is 1. The first-order valence-electron chi connectivity index (χ1n) is 9.90. The van der Waals surface area contributed by atoms with Gasteiger partial charge in [-0.25, -0.2) is 4.39 Å². The number of alkyl halides is 1. The van der Waals surface area contributed by atoms with E-state index in [1.165, 1.54) is 13.2 Å². The van der Waals surface area contributed by atoms with Gasteiger partial charge in [-0.05, 0) is 44.9 Å². The predicted molar refractivity (Wildman–Crippen MR) is 114 cm³/mol. The van der Waals surface area contributed by atoms with Crippen LogP contribution in [-0.4, -0.2) is 74.9 Å². The monoisotopic (exact) mass is 443 g/mol. The van der Waals surface area contributed by atoms with Crippen LogP contribution in [-0.2, 0) is 9.53 Å². The van der Waals surface area contributed by atoms with Gasteiger partial charge in [0.15, 0.2) is 0 Å². The number of halogens is 2. The number of rotatable bonds is 9. The first-order chi connectivity index (χ1) is 14.1. The molecule has 1 fully saturated rings. The highest BCUT2D eigenvalue weighted by atomic mass is 35.5. The summed E-state index contributed by atoms with van der Waals surface area (Å²) >= 11 is 5.98. The van der Waals surface area contributed by atoms with E-state index in [2.05, 4.69) is 10.6 Å². The van der Waals surface area contributed by atoms with E-state index in [0.29, 0.717) is 36.0 Å². The van der Waals surface area contributed by atoms with Gasteiger partial charge in [0, 0.05) is 30.8 Å². The van der Waals surface area contributed by atoms with E-state index in [1.807, 2.05) is 18.7 Å². The highest BCUT2D eigenvalue weighted by molar-refractivity contribution is 6.31. The van der Waals surface area contributed by atoms with Crippen molar-refractivity contribution < 1.29 is 23.5 Å². The molecule has 0 radical (unpaired) electrons. The van der Waals surface area contributed by atoms with Crippen molar-refractivity contribution in [2.75, 3.05) is 47.0 Å². The number of amides is 2. The molecule has 0 saturated carbocycles. The van der Waals surface area contributed by atoms with Crippen LogP contribution in [0.15, 0.2) is 18.2 Å². The minimum absolute atomic E-state index is 0.0957. The van der Waals surface area contributed by atoms with Crippen LogP contribution in [0.4, 0.5) is 4.39 Å². The van der Waals surface area contributed by atoms with Crippen LogP contribution in [0, 0.1) is 0 Å². The lowest BCUT2D eigenvalue weighted by molar-refractivity contribution is -0.125. The first-order valence-corrected chi connectivity index (χ1v) is 10.3. The van der Waals surface area contributed by atoms with E-state index in [9.17, 15) is 9.59 Å². The number of piperidine rings is 1. The van der Waals surface area contributed by atoms with Crippen molar-refractivity contribution in [3.8, 4) is 5.75 Å². The van der Waals surface area contributed by atoms with Crippen molar-refractivity contribution in [3.63, 3.8) is 0 Å². The Morgan fingerprint density at radius 3 is 2.50 bits per heavy atom. The van der Waals surface area contributed by atoms with Crippen LogP contribution < -0.4 is 15.4 Å². The van der Waals surface area contributed by atoms with Crippen molar-refractivity contribution >= 4 is 23.4 Å². The van der Waals surface area contributed by atoms with Gasteiger partial charge in [0.05, 0.1) is 32.3 Å². The first kappa shape index (κ1) is 24.4. The molecule has 7 nitrogen and oxygen atoms in total. The normalized spacial score (nSPS) is 16.7. The van der Waals surface area contributed by atoms with Crippen molar-refractivity contribution in [1.29, 1.82) is 0 Å². The molecule has 9 heteroatoms. The Bertz CT molecular complexity index is 752. The predicted octanol–water partition coefficient (Wildman–Crippen LogP) is 2.42. The maximum absolute atomic E-state index is 15.1. The smallest absolute Gasteiger partial charge is 0.251 e. The van der Waals surface area contributed by atoms with Crippen molar-refractivity contribution in [3.05, 3.63) is 28.8 Å². The van der Waals surface area contributed by atoms with E-state index < -0.39 is 17.1 Å². The molecule has 0 bridgehead atoms. The molecule has 0 aliphatic carbocycles. The summed E-state index contributed by atoms with van der Waals surface area (Å²) < 4.78 is 25.3. The van der Waals surface area contributed by atoms with Crippen molar-refractivity contribution in [1.82, 2.24) is 15.5 Å². The minimum atomic E-state index is -1.51. The third-order valence-electron chi connectivity index (χ3n) is 5.04. The summed E-state index contributed by atoms with van der Waals surface area (Å²) in [7, 11) is 3.07. The van der Waals surface area contributed by atoms with E-state index >= 15 is 4.39 Å². The van der Waals surface area contributed by atoms with Gasteiger partial charge in [0.2, 0.25) is 5.91 Å². The molecule has 1 aromatic rings. The summed E-state index contributed by atoms with van der Waals surface area (Å²) in [4.78, 5) is 26.5. The number of methoxy groups -OCH3 is 2. The van der Waals surface area contributed by atoms with Crippen LogP contribution in [0.3, 0.4) is 0 Å². The Kier molecular flexibility index (Phi) is 8.46. The molecule has 168 valence electrons. The maximum atomic E-state index is 15.1. The number of ether oxygens (including phenoxy) is 2. The molecule has 0 aromatic heterocycles. The largest absolute Gasteiger partial charge is 0.497 e. The summed E-state index contributed by atoms with van der Waals surface area (Å²) in [5.41, 5.74) is -1.66. The average Bonchev–Trinajstić information content (AvgIpc) is 2.67. The van der Waals surface area contributed by atoms with E-state index in [0.717, 1.165) is 0 Å². The van der Waals surface area contributed by atoms with Gasteiger partial charge in [-0.2, -0.15) is 0 Å². The SMILES string of the molecule is COCC(C)(C)NC(=O)CN1CCC(F)(CNC(=O)c2cc(Cl)cc(OC)c2)CC1. The summed E-state index contributed by atoms with van der Waals surface area (Å²) in [6.07, 6.45) is 0.474. The number of hydrogen-bond donors (Lipinski definition) is 2. The number of nitrogens with one attached hydrogen (secondary N) is 2. The third-order valence-corrected chi connectivity index (χ3v) is 5.26. The number of carbonyl (C=O) groups is 2. The standard InChI is InChI=1S/C21H31ClFN3O4/c1-20(2,14-29-3)25-18(27)12-26-7-5-21(23,6-8-26)13-24-19(28)15-9-16(22)11-17(10-15)30-4/h9-11H,5-8,12-14H2,1-4H3,(H,24,28)(H,25,27). The van der Waals surface area contributed by atoms with Gasteiger partial charge in [0.1, 0.15) is 11.4 Å². The topological polar surface area (TPSA) is 79.9 Å². The molecule has 1 saturated heterocycles. The minimum Gasteiger partial charge on any atom is -0.497 e. The number of hydrogen-bond acceptors (Lipinski definition) is 5. The van der Waals surface area contributed by atoms with Crippen LogP contribution >= 0.6 is 11.6 Å². The van der Waals surface area contributed by atoms with Gasteiger partial charge in [-0.3, -0.25) is 14.5 Å². The van der Waals surface area contributed by atoms with E-state index in [1.54, 1.807) is 19.2 Å². The Morgan fingerprint density at radius 1 is 1.23 bits per heavy atom. The fraction of sp³-hybridized carbons (Fsp3) is 0.619. The Labute approximate surface area is 182 Å². The van der Waals surface area contributed by atoms with Gasteiger partial charge in [-0.1, -0.05) is 11.6 Å². The van der Waals surface area contributed by atoms with Gasteiger partial charge in [0.25, 0.3) is 5.91 Å². The van der Waals surface area contributed by atoms with Crippen LogP contribution in [0.25, 0.3) is 0 Å². The lowest BCUT2D eigenvalue weighted by atomic mass is 9.93. The fourth-order valence-electron chi connectivity index (χ4n) is 3.46. The van der Waals surface area contributed by atoms with Gasteiger partial charge < -0.3 is 20.1 Å². The van der Waals surface area contributed by atoms with Crippen molar-refractivity contribution in [2.24, 2.45) is 0 Å². The lowest BCUT2D eigenvalue weighted by Gasteiger charge is -2.36. The Balaban J connectivity index is 1.81. The molecule has 1 heterocycles. The molecular formula is C21H31ClFN3O4. The fourth-order valence-corrected chi connectivity index (χ4v) is 3.68. The molecular weight excluding hydrogens is 413 g/mol. The van der Waals surface area contributed by atoms with Crippen LogP contribution in [0.2, 0.25) is 5.02 Å². The zero-order valence-corrected chi connectivity index (χ0v) is 18.8. The number of nitrogens with zero attached hydrogens (tertiary/aromatic N) is 1. The molecule has 2 rings (SSSR count). The maximum Gasteiger partial charge on any atom is 0.251 e. The lowest BCUT2D eigenvalue weighted by Crippen LogP contribution is -2.53. The molecule has 0 atom stereocenters. The Morgan fingerprint density at radius 2 is 1.90 bits per heavy atom. The van der Waals surface area contributed by atoms with E-state index in [4.69, 9.17) is 21.1 Å². The second-order valence-corrected chi connectivity index (χ2v) is 8.79.